The number of ether oxygens (including phenoxy) is 2. The van der Waals surface area contributed by atoms with Gasteiger partial charge in [-0.1, -0.05) is 53.3 Å². The van der Waals surface area contributed by atoms with Crippen LogP contribution in [0.3, 0.4) is 0 Å². The number of aromatic nitrogens is 1. The minimum Gasteiger partial charge on any atom is -0.497 e. The van der Waals surface area contributed by atoms with Crippen LogP contribution >= 0.6 is 11.3 Å². The van der Waals surface area contributed by atoms with Gasteiger partial charge in [0.1, 0.15) is 5.75 Å². The Morgan fingerprint density at radius 1 is 1.15 bits per heavy atom. The number of thiazole rings is 1. The molecule has 6 nitrogen and oxygen atoms in total. The zero-order valence-corrected chi connectivity index (χ0v) is 20.1. The zero-order valence-electron chi connectivity index (χ0n) is 19.3. The lowest BCUT2D eigenvalue weighted by molar-refractivity contribution is -0.143. The fourth-order valence-corrected chi connectivity index (χ4v) is 4.92. The first kappa shape index (κ1) is 22.7. The van der Waals surface area contributed by atoms with Crippen LogP contribution < -0.4 is 19.6 Å². The van der Waals surface area contributed by atoms with Gasteiger partial charge in [-0.3, -0.25) is 9.36 Å². The van der Waals surface area contributed by atoms with Crippen LogP contribution in [0.2, 0.25) is 0 Å². The largest absolute Gasteiger partial charge is 0.497 e. The van der Waals surface area contributed by atoms with Crippen molar-refractivity contribution < 1.29 is 14.3 Å². The Labute approximate surface area is 196 Å². The van der Waals surface area contributed by atoms with Crippen molar-refractivity contribution in [2.24, 2.45) is 4.99 Å². The lowest BCUT2D eigenvalue weighted by atomic mass is 9.96. The Balaban J connectivity index is 1.94. The van der Waals surface area contributed by atoms with E-state index < -0.39 is 12.0 Å². The highest BCUT2D eigenvalue weighted by molar-refractivity contribution is 7.07. The molecule has 170 valence electrons. The highest BCUT2D eigenvalue weighted by Crippen LogP contribution is 2.31. The smallest absolute Gasteiger partial charge is 0.338 e. The molecule has 2 heterocycles. The molecule has 0 saturated carbocycles. The van der Waals surface area contributed by atoms with E-state index in [0.29, 0.717) is 26.4 Å². The molecule has 0 radical (unpaired) electrons. The number of aryl methyl sites for hydroxylation is 1. The molecule has 3 aromatic rings. The van der Waals surface area contributed by atoms with E-state index in [1.54, 1.807) is 32.4 Å². The third-order valence-corrected chi connectivity index (χ3v) is 6.34. The van der Waals surface area contributed by atoms with Crippen LogP contribution in [0.1, 0.15) is 43.5 Å². The van der Waals surface area contributed by atoms with Crippen molar-refractivity contribution in [2.75, 3.05) is 7.11 Å². The number of carbonyl (C=O) groups excluding carboxylic acids is 1. The van der Waals surface area contributed by atoms with Crippen molar-refractivity contribution in [1.82, 2.24) is 4.57 Å². The van der Waals surface area contributed by atoms with Gasteiger partial charge in [0, 0.05) is 0 Å². The van der Waals surface area contributed by atoms with Gasteiger partial charge in [-0.2, -0.15) is 0 Å². The first-order valence-electron chi connectivity index (χ1n) is 10.7. The molecular formula is C26H26N2O4S. The molecule has 33 heavy (non-hydrogen) atoms. The minimum atomic E-state index is -0.641. The summed E-state index contributed by atoms with van der Waals surface area (Å²) in [5, 5.41) is 0. The number of fused-ring (bicyclic) bond motifs is 1. The Hall–Kier alpha value is -3.45. The van der Waals surface area contributed by atoms with Crippen molar-refractivity contribution in [3.8, 4) is 5.75 Å². The van der Waals surface area contributed by atoms with Crippen molar-refractivity contribution >= 4 is 23.4 Å². The molecule has 7 heteroatoms. The molecule has 2 aromatic carbocycles. The third-order valence-electron chi connectivity index (χ3n) is 5.36. The predicted octanol–water partition coefficient (Wildman–Crippen LogP) is 3.50. The summed E-state index contributed by atoms with van der Waals surface area (Å²) in [4.78, 5) is 31.9. The molecule has 4 rings (SSSR count). The topological polar surface area (TPSA) is 69.9 Å². The molecule has 0 amide bonds. The van der Waals surface area contributed by atoms with Gasteiger partial charge in [0.2, 0.25) is 0 Å². The molecule has 0 aliphatic carbocycles. The molecule has 1 atom stereocenters. The third kappa shape index (κ3) is 4.54. The van der Waals surface area contributed by atoms with E-state index in [2.05, 4.69) is 4.99 Å². The van der Waals surface area contributed by atoms with Crippen LogP contribution in [-0.4, -0.2) is 23.8 Å². The first-order chi connectivity index (χ1) is 15.8. The predicted molar refractivity (Wildman–Crippen MR) is 129 cm³/mol. The summed E-state index contributed by atoms with van der Waals surface area (Å²) in [6, 6.07) is 14.7. The number of allylic oxidation sites excluding steroid dienone is 1. The van der Waals surface area contributed by atoms with Gasteiger partial charge in [0.15, 0.2) is 4.80 Å². The van der Waals surface area contributed by atoms with Crippen LogP contribution in [0, 0.1) is 6.92 Å². The van der Waals surface area contributed by atoms with Gasteiger partial charge < -0.3 is 9.47 Å². The lowest BCUT2D eigenvalue weighted by Gasteiger charge is -2.25. The van der Waals surface area contributed by atoms with Gasteiger partial charge >= 0.3 is 5.97 Å². The standard InChI is InChI=1S/C26H26N2O4S/c1-15(2)32-25(30)22-17(4)27-26-28(23(22)19-9-11-20(31-5)12-10-19)24(29)21(33-26)14-18-8-6-7-16(3)13-18/h6-15,23H,1-5H3/b21-14+/t23-/m0/s1. The maximum absolute atomic E-state index is 13.6. The van der Waals surface area contributed by atoms with Crippen molar-refractivity contribution in [3.05, 3.63) is 96.2 Å². The fourth-order valence-electron chi connectivity index (χ4n) is 3.87. The SMILES string of the molecule is COc1ccc([C@H]2C(C(=O)OC(C)C)=C(C)N=c3s/c(=C/c4cccc(C)c4)c(=O)n32)cc1. The average molecular weight is 463 g/mol. The van der Waals surface area contributed by atoms with E-state index >= 15 is 0 Å². The minimum absolute atomic E-state index is 0.191. The fraction of sp³-hybridized carbons (Fsp3) is 0.269. The molecule has 0 unspecified atom stereocenters. The summed E-state index contributed by atoms with van der Waals surface area (Å²) in [5.74, 6) is 0.220. The van der Waals surface area contributed by atoms with Gasteiger partial charge in [-0.25, -0.2) is 9.79 Å². The number of rotatable bonds is 5. The maximum Gasteiger partial charge on any atom is 0.338 e. The quantitative estimate of drug-likeness (QED) is 0.544. The van der Waals surface area contributed by atoms with E-state index in [1.165, 1.54) is 11.3 Å². The molecule has 0 fully saturated rings. The van der Waals surface area contributed by atoms with Crippen LogP contribution in [0.15, 0.2) is 69.6 Å². The highest BCUT2D eigenvalue weighted by Gasteiger charge is 2.33. The number of nitrogens with zero attached hydrogens (tertiary/aromatic N) is 2. The number of hydrogen-bond donors (Lipinski definition) is 0. The second-order valence-electron chi connectivity index (χ2n) is 8.22. The number of hydrogen-bond acceptors (Lipinski definition) is 6. The molecule has 1 aliphatic heterocycles. The molecule has 1 aliphatic rings. The molecule has 0 N–H and O–H groups in total. The summed E-state index contributed by atoms with van der Waals surface area (Å²) in [6.45, 7) is 7.39. The van der Waals surface area contributed by atoms with E-state index in [9.17, 15) is 9.59 Å². The van der Waals surface area contributed by atoms with Crippen molar-refractivity contribution in [2.45, 2.75) is 39.8 Å². The lowest BCUT2D eigenvalue weighted by Crippen LogP contribution is -2.40. The number of esters is 1. The molecule has 0 bridgehead atoms. The molecule has 1 aromatic heterocycles. The summed E-state index contributed by atoms with van der Waals surface area (Å²) in [7, 11) is 1.60. The summed E-state index contributed by atoms with van der Waals surface area (Å²) in [6.07, 6.45) is 1.58. The van der Waals surface area contributed by atoms with Gasteiger partial charge in [0.05, 0.1) is 35.1 Å². The monoisotopic (exact) mass is 462 g/mol. The molecule has 0 spiro atoms. The molecular weight excluding hydrogens is 436 g/mol. The van der Waals surface area contributed by atoms with Crippen LogP contribution in [0.5, 0.6) is 5.75 Å². The van der Waals surface area contributed by atoms with E-state index in [1.807, 2.05) is 61.5 Å². The normalized spacial score (nSPS) is 15.9. The van der Waals surface area contributed by atoms with E-state index in [4.69, 9.17) is 9.47 Å². The van der Waals surface area contributed by atoms with Gasteiger partial charge in [-0.05, 0) is 57.0 Å². The van der Waals surface area contributed by atoms with Gasteiger partial charge in [-0.15, -0.1) is 0 Å². The Morgan fingerprint density at radius 3 is 2.52 bits per heavy atom. The maximum atomic E-state index is 13.6. The Bertz CT molecular complexity index is 1410. The zero-order chi connectivity index (χ0) is 23.7. The molecule has 0 saturated heterocycles. The van der Waals surface area contributed by atoms with Crippen molar-refractivity contribution in [1.29, 1.82) is 0 Å². The second kappa shape index (κ2) is 9.19. The average Bonchev–Trinajstić information content (AvgIpc) is 3.07. The van der Waals surface area contributed by atoms with Crippen molar-refractivity contribution in [3.63, 3.8) is 0 Å². The van der Waals surface area contributed by atoms with Crippen LogP contribution in [-0.2, 0) is 9.53 Å². The Morgan fingerprint density at radius 2 is 1.88 bits per heavy atom. The van der Waals surface area contributed by atoms with Crippen LogP contribution in [0.4, 0.5) is 0 Å². The summed E-state index contributed by atoms with van der Waals surface area (Å²) in [5.41, 5.74) is 3.55. The number of benzene rings is 2. The number of methoxy groups -OCH3 is 1. The van der Waals surface area contributed by atoms with E-state index in [0.717, 1.165) is 16.7 Å². The summed E-state index contributed by atoms with van der Waals surface area (Å²) >= 11 is 1.32. The summed E-state index contributed by atoms with van der Waals surface area (Å²) < 4.78 is 13.0. The van der Waals surface area contributed by atoms with E-state index in [-0.39, 0.29) is 11.7 Å². The van der Waals surface area contributed by atoms with Crippen LogP contribution in [0.25, 0.3) is 6.08 Å². The second-order valence-corrected chi connectivity index (χ2v) is 9.23. The number of carbonyl (C=O) groups is 1. The van der Waals surface area contributed by atoms with Gasteiger partial charge in [0.25, 0.3) is 5.56 Å². The highest BCUT2D eigenvalue weighted by atomic mass is 32.1. The Kier molecular flexibility index (Phi) is 6.33. The first-order valence-corrected chi connectivity index (χ1v) is 11.5.